The number of nitrogens with zero attached hydrogens (tertiary/aromatic N) is 2. The maximum Gasteiger partial charge on any atom is 0.267 e. The van der Waals surface area contributed by atoms with Crippen molar-refractivity contribution in [2.24, 2.45) is 0 Å². The van der Waals surface area contributed by atoms with Gasteiger partial charge >= 0.3 is 0 Å². The molecule has 1 amide bonds. The summed E-state index contributed by atoms with van der Waals surface area (Å²) in [6.45, 7) is 6.98. The molecule has 2 N–H and O–H groups in total. The molecule has 1 aromatic heterocycles. The largest absolute Gasteiger partial charge is 0.496 e. The molecule has 2 aromatic carbocycles. The Labute approximate surface area is 196 Å². The Hall–Kier alpha value is -2.57. The van der Waals surface area contributed by atoms with E-state index in [0.717, 1.165) is 59.9 Å². The van der Waals surface area contributed by atoms with Gasteiger partial charge in [-0.25, -0.2) is 0 Å². The first-order valence-corrected chi connectivity index (χ1v) is 12.6. The first-order valence-electron chi connectivity index (χ1n) is 12.6. The summed E-state index contributed by atoms with van der Waals surface area (Å²) in [5.74, 6) is 0.803. The Kier molecular flexibility index (Phi) is 6.83. The number of aromatic nitrogens is 1. The molecule has 0 aliphatic carbocycles. The third-order valence-corrected chi connectivity index (χ3v) is 7.42. The van der Waals surface area contributed by atoms with Crippen LogP contribution in [0.15, 0.2) is 36.4 Å². The fourth-order valence-corrected chi connectivity index (χ4v) is 5.45. The summed E-state index contributed by atoms with van der Waals surface area (Å²) in [6, 6.07) is 12.4. The third kappa shape index (κ3) is 5.02. The van der Waals surface area contributed by atoms with Gasteiger partial charge in [-0.1, -0.05) is 37.1 Å². The van der Waals surface area contributed by atoms with Crippen molar-refractivity contribution in [3.8, 4) is 5.75 Å². The molecule has 6 heteroatoms. The lowest BCUT2D eigenvalue weighted by Crippen LogP contribution is -2.46. The van der Waals surface area contributed by atoms with Gasteiger partial charge in [0.15, 0.2) is 0 Å². The number of carbonyl (C=O) groups excluding carboxylic acids is 1. The molecule has 2 fully saturated rings. The van der Waals surface area contributed by atoms with Crippen LogP contribution in [0.2, 0.25) is 0 Å². The third-order valence-electron chi connectivity index (χ3n) is 7.42. The lowest BCUT2D eigenvalue weighted by Gasteiger charge is -2.33. The number of fused-ring (bicyclic) bond motifs is 3. The summed E-state index contributed by atoms with van der Waals surface area (Å²) in [5.41, 5.74) is 1.55. The molecule has 6 nitrogen and oxygen atoms in total. The highest BCUT2D eigenvalue weighted by molar-refractivity contribution is 6.12. The van der Waals surface area contributed by atoms with Crippen molar-refractivity contribution in [1.82, 2.24) is 20.1 Å². The van der Waals surface area contributed by atoms with Crippen LogP contribution in [-0.2, 0) is 0 Å². The maximum absolute atomic E-state index is 13.0. The molecule has 0 bridgehead atoms. The molecule has 33 heavy (non-hydrogen) atoms. The lowest BCUT2D eigenvalue weighted by molar-refractivity contribution is 0.0902. The summed E-state index contributed by atoms with van der Waals surface area (Å²) >= 11 is 0. The van der Waals surface area contributed by atoms with Crippen LogP contribution < -0.4 is 10.1 Å². The molecular weight excluding hydrogens is 412 g/mol. The normalized spacial score (nSPS) is 19.1. The highest BCUT2D eigenvalue weighted by Gasteiger charge is 2.23. The summed E-state index contributed by atoms with van der Waals surface area (Å²) in [7, 11) is 1.68. The number of H-pyrrole nitrogens is 1. The van der Waals surface area contributed by atoms with Gasteiger partial charge in [-0.05, 0) is 50.2 Å². The van der Waals surface area contributed by atoms with E-state index in [9.17, 15) is 4.79 Å². The first-order chi connectivity index (χ1) is 16.2. The van der Waals surface area contributed by atoms with Crippen molar-refractivity contribution in [3.63, 3.8) is 0 Å². The van der Waals surface area contributed by atoms with E-state index in [2.05, 4.69) is 32.2 Å². The number of hydrogen-bond acceptors (Lipinski definition) is 4. The number of aromatic amines is 1. The van der Waals surface area contributed by atoms with E-state index < -0.39 is 0 Å². The zero-order valence-electron chi connectivity index (χ0n) is 19.7. The average molecular weight is 449 g/mol. The second kappa shape index (κ2) is 10.1. The van der Waals surface area contributed by atoms with Crippen molar-refractivity contribution in [1.29, 1.82) is 0 Å². The van der Waals surface area contributed by atoms with E-state index >= 15 is 0 Å². The smallest absolute Gasteiger partial charge is 0.267 e. The first kappa shape index (κ1) is 22.2. The van der Waals surface area contributed by atoms with E-state index in [1.54, 1.807) is 7.11 Å². The number of likely N-dealkylation sites (tertiary alicyclic amines) is 2. The number of hydrogen-bond donors (Lipinski definition) is 2. The van der Waals surface area contributed by atoms with Crippen LogP contribution in [0, 0.1) is 0 Å². The SMILES string of the molecule is COc1cc2[nH]c(C(=O)NC3CCN(CCN4CCCCCC4)CC3)cc2c2ccccc12. The standard InChI is InChI=1S/C27H36N4O2/c1-33-26-19-24-23(21-8-4-5-9-22(21)26)18-25(29-24)27(32)28-20-10-14-31(15-11-20)17-16-30-12-6-2-3-7-13-30/h4-5,8-9,18-20,29H,2-3,6-7,10-17H2,1H3,(H,28,32). The predicted molar refractivity (Wildman–Crippen MR) is 134 cm³/mol. The van der Waals surface area contributed by atoms with Crippen LogP contribution in [0.4, 0.5) is 0 Å². The molecule has 0 radical (unpaired) electrons. The average Bonchev–Trinajstić information content (AvgIpc) is 3.12. The van der Waals surface area contributed by atoms with Gasteiger partial charge in [0, 0.05) is 49.1 Å². The van der Waals surface area contributed by atoms with Gasteiger partial charge in [0.1, 0.15) is 11.4 Å². The Morgan fingerprint density at radius 3 is 2.30 bits per heavy atom. The number of rotatable bonds is 6. The number of ether oxygens (including phenoxy) is 1. The molecule has 0 saturated carbocycles. The maximum atomic E-state index is 13.0. The van der Waals surface area contributed by atoms with E-state index in [1.807, 2.05) is 24.3 Å². The van der Waals surface area contributed by atoms with Gasteiger partial charge in [-0.15, -0.1) is 0 Å². The monoisotopic (exact) mass is 448 g/mol. The number of nitrogens with one attached hydrogen (secondary N) is 2. The highest BCUT2D eigenvalue weighted by atomic mass is 16.5. The Morgan fingerprint density at radius 1 is 0.939 bits per heavy atom. The van der Waals surface area contributed by atoms with E-state index in [-0.39, 0.29) is 11.9 Å². The van der Waals surface area contributed by atoms with Gasteiger partial charge in [0.2, 0.25) is 0 Å². The van der Waals surface area contributed by atoms with Gasteiger partial charge in [-0.2, -0.15) is 0 Å². The molecule has 0 unspecified atom stereocenters. The zero-order valence-corrected chi connectivity index (χ0v) is 19.7. The minimum Gasteiger partial charge on any atom is -0.496 e. The topological polar surface area (TPSA) is 60.6 Å². The summed E-state index contributed by atoms with van der Waals surface area (Å²) < 4.78 is 5.57. The van der Waals surface area contributed by atoms with E-state index in [1.165, 1.54) is 45.3 Å². The quantitative estimate of drug-likeness (QED) is 0.587. The van der Waals surface area contributed by atoms with Crippen LogP contribution in [0.5, 0.6) is 5.75 Å². The Balaban J connectivity index is 1.18. The molecule has 0 atom stereocenters. The highest BCUT2D eigenvalue weighted by Crippen LogP contribution is 2.33. The molecule has 2 aliphatic rings. The number of methoxy groups -OCH3 is 1. The molecule has 176 valence electrons. The van der Waals surface area contributed by atoms with Gasteiger partial charge in [-0.3, -0.25) is 4.79 Å². The minimum atomic E-state index is -0.0164. The van der Waals surface area contributed by atoms with Crippen molar-refractivity contribution in [3.05, 3.63) is 42.1 Å². The number of benzene rings is 2. The second-order valence-electron chi connectivity index (χ2n) is 9.61. The number of piperidine rings is 1. The zero-order chi connectivity index (χ0) is 22.6. The van der Waals surface area contributed by atoms with Crippen LogP contribution in [0.25, 0.3) is 21.7 Å². The molecule has 5 rings (SSSR count). The van der Waals surface area contributed by atoms with E-state index in [0.29, 0.717) is 5.69 Å². The molecule has 3 heterocycles. The predicted octanol–water partition coefficient (Wildman–Crippen LogP) is 4.40. The molecule has 2 aliphatic heterocycles. The van der Waals surface area contributed by atoms with Crippen molar-refractivity contribution in [2.75, 3.05) is 46.4 Å². The summed E-state index contributed by atoms with van der Waals surface area (Å²) in [6.07, 6.45) is 7.52. The van der Waals surface area contributed by atoms with Gasteiger partial charge in [0.25, 0.3) is 5.91 Å². The summed E-state index contributed by atoms with van der Waals surface area (Å²) in [5, 5.41) is 6.48. The van der Waals surface area contributed by atoms with Crippen LogP contribution in [-0.4, -0.2) is 73.1 Å². The molecular formula is C27H36N4O2. The minimum absolute atomic E-state index is 0.0164. The number of carbonyl (C=O) groups is 1. The molecule has 3 aromatic rings. The number of amides is 1. The Bertz CT molecular complexity index is 1090. The Morgan fingerprint density at radius 2 is 1.61 bits per heavy atom. The van der Waals surface area contributed by atoms with Crippen molar-refractivity contribution < 1.29 is 9.53 Å². The van der Waals surface area contributed by atoms with Gasteiger partial charge in [0.05, 0.1) is 12.6 Å². The second-order valence-corrected chi connectivity index (χ2v) is 9.61. The fourth-order valence-electron chi connectivity index (χ4n) is 5.45. The van der Waals surface area contributed by atoms with Gasteiger partial charge < -0.3 is 24.8 Å². The summed E-state index contributed by atoms with van der Waals surface area (Å²) in [4.78, 5) is 21.5. The molecule has 2 saturated heterocycles. The van der Waals surface area contributed by atoms with E-state index in [4.69, 9.17) is 4.74 Å². The van der Waals surface area contributed by atoms with Crippen LogP contribution in [0.3, 0.4) is 0 Å². The van der Waals surface area contributed by atoms with Crippen LogP contribution in [0.1, 0.15) is 49.0 Å². The van der Waals surface area contributed by atoms with Crippen LogP contribution >= 0.6 is 0 Å². The fraction of sp³-hybridized carbons (Fsp3) is 0.519. The van der Waals surface area contributed by atoms with Crippen molar-refractivity contribution >= 4 is 27.6 Å². The van der Waals surface area contributed by atoms with Crippen molar-refractivity contribution in [2.45, 2.75) is 44.6 Å². The lowest BCUT2D eigenvalue weighted by atomic mass is 10.0. The molecule has 0 spiro atoms.